The predicted molar refractivity (Wildman–Crippen MR) is 110 cm³/mol. The minimum atomic E-state index is -0.531. The van der Waals surface area contributed by atoms with Gasteiger partial charge in [0.1, 0.15) is 11.7 Å². The van der Waals surface area contributed by atoms with Crippen LogP contribution in [0.4, 0.5) is 10.5 Å². The molecule has 7 heteroatoms. The van der Waals surface area contributed by atoms with Crippen LogP contribution in [0.5, 0.6) is 0 Å². The van der Waals surface area contributed by atoms with Gasteiger partial charge in [-0.15, -0.1) is 0 Å². The zero-order valence-electron chi connectivity index (χ0n) is 16.3. The number of carbonyl (C=O) groups is 2. The summed E-state index contributed by atoms with van der Waals surface area (Å²) >= 11 is 0. The molecular weight excluding hydrogens is 370 g/mol. The first-order valence-corrected chi connectivity index (χ1v) is 9.31. The van der Waals surface area contributed by atoms with Gasteiger partial charge in [-0.3, -0.25) is 10.1 Å². The topological polar surface area (TPSA) is 93.3 Å². The third kappa shape index (κ3) is 5.22. The molecule has 2 N–H and O–H groups in total. The van der Waals surface area contributed by atoms with Gasteiger partial charge in [0.25, 0.3) is 0 Å². The Morgan fingerprint density at radius 3 is 2.48 bits per heavy atom. The molecule has 0 spiro atoms. The number of aromatic amines is 1. The largest absolute Gasteiger partial charge is 0.465 e. The Morgan fingerprint density at radius 2 is 1.83 bits per heavy atom. The molecule has 0 saturated carbocycles. The van der Waals surface area contributed by atoms with Gasteiger partial charge >= 0.3 is 12.1 Å². The van der Waals surface area contributed by atoms with Crippen molar-refractivity contribution >= 4 is 17.7 Å². The molecule has 1 unspecified atom stereocenters. The lowest BCUT2D eigenvalue weighted by Gasteiger charge is -2.14. The van der Waals surface area contributed by atoms with Crippen molar-refractivity contribution in [2.45, 2.75) is 19.3 Å². The molecule has 1 heterocycles. The smallest absolute Gasteiger partial charge is 0.411 e. The van der Waals surface area contributed by atoms with Crippen molar-refractivity contribution in [3.05, 3.63) is 72.1 Å². The van der Waals surface area contributed by atoms with Crippen LogP contribution in [0.2, 0.25) is 0 Å². The summed E-state index contributed by atoms with van der Waals surface area (Å²) in [5.74, 6) is -0.130. The highest BCUT2D eigenvalue weighted by molar-refractivity contribution is 5.84. The normalized spacial score (nSPS) is 11.5. The molecule has 0 aliphatic carbocycles. The van der Waals surface area contributed by atoms with E-state index >= 15 is 0 Å². The van der Waals surface area contributed by atoms with E-state index in [1.807, 2.05) is 42.5 Å². The quantitative estimate of drug-likeness (QED) is 0.588. The lowest BCUT2D eigenvalue weighted by molar-refractivity contribution is -0.145. The second-order valence-corrected chi connectivity index (χ2v) is 6.38. The van der Waals surface area contributed by atoms with Crippen molar-refractivity contribution in [3.63, 3.8) is 0 Å². The number of rotatable bonds is 7. The molecule has 1 amide bonds. The van der Waals surface area contributed by atoms with Gasteiger partial charge in [0.2, 0.25) is 0 Å². The van der Waals surface area contributed by atoms with Gasteiger partial charge in [-0.1, -0.05) is 30.3 Å². The van der Waals surface area contributed by atoms with Crippen LogP contribution in [0.15, 0.2) is 60.8 Å². The summed E-state index contributed by atoms with van der Waals surface area (Å²) in [6.45, 7) is 2.11. The van der Waals surface area contributed by atoms with Crippen molar-refractivity contribution in [2.75, 3.05) is 19.0 Å². The molecule has 0 bridgehead atoms. The summed E-state index contributed by atoms with van der Waals surface area (Å²) in [5, 5.41) is 2.60. The van der Waals surface area contributed by atoms with E-state index in [-0.39, 0.29) is 5.97 Å². The van der Waals surface area contributed by atoms with Crippen LogP contribution in [0.25, 0.3) is 11.4 Å². The zero-order chi connectivity index (χ0) is 20.6. The minimum Gasteiger partial charge on any atom is -0.465 e. The molecule has 1 atom stereocenters. The molecule has 0 saturated heterocycles. The van der Waals surface area contributed by atoms with Gasteiger partial charge in [0.05, 0.1) is 13.7 Å². The van der Waals surface area contributed by atoms with E-state index in [4.69, 9.17) is 4.74 Å². The number of nitrogens with zero attached hydrogens (tertiary/aromatic N) is 1. The Bertz CT molecular complexity index is 952. The SMILES string of the molecule is CCOC(=O)C(Cc1ccccc1)c1cnc(-c2ccc(NC(=O)OC)cc2)[nH]1. The zero-order valence-corrected chi connectivity index (χ0v) is 16.3. The fraction of sp³-hybridized carbons (Fsp3) is 0.227. The molecule has 0 fully saturated rings. The average Bonchev–Trinajstić information content (AvgIpc) is 3.23. The van der Waals surface area contributed by atoms with Gasteiger partial charge in [-0.05, 0) is 43.2 Å². The van der Waals surface area contributed by atoms with Crippen molar-refractivity contribution in [1.82, 2.24) is 9.97 Å². The number of anilines is 1. The van der Waals surface area contributed by atoms with Crippen LogP contribution in [0.1, 0.15) is 24.1 Å². The summed E-state index contributed by atoms with van der Waals surface area (Å²) in [6, 6.07) is 16.9. The Kier molecular flexibility index (Phi) is 6.63. The lowest BCUT2D eigenvalue weighted by Crippen LogP contribution is -2.18. The number of methoxy groups -OCH3 is 1. The molecule has 0 aliphatic heterocycles. The number of carbonyl (C=O) groups excluding carboxylic acids is 2. The van der Waals surface area contributed by atoms with Gasteiger partial charge in [-0.2, -0.15) is 0 Å². The molecular formula is C22H23N3O4. The monoisotopic (exact) mass is 393 g/mol. The fourth-order valence-electron chi connectivity index (χ4n) is 2.95. The Balaban J connectivity index is 1.81. The van der Waals surface area contributed by atoms with E-state index in [1.54, 1.807) is 25.3 Å². The first kappa shape index (κ1) is 20.1. The summed E-state index contributed by atoms with van der Waals surface area (Å²) in [7, 11) is 1.31. The third-order valence-corrected chi connectivity index (χ3v) is 4.41. The number of ether oxygens (including phenoxy) is 2. The number of amides is 1. The summed E-state index contributed by atoms with van der Waals surface area (Å²) in [6.07, 6.45) is 1.65. The second kappa shape index (κ2) is 9.54. The highest BCUT2D eigenvalue weighted by Gasteiger charge is 2.24. The van der Waals surface area contributed by atoms with Crippen LogP contribution in [0.3, 0.4) is 0 Å². The summed E-state index contributed by atoms with van der Waals surface area (Å²) < 4.78 is 9.85. The van der Waals surface area contributed by atoms with Gasteiger partial charge in [-0.25, -0.2) is 9.78 Å². The second-order valence-electron chi connectivity index (χ2n) is 6.38. The van der Waals surface area contributed by atoms with Crippen molar-refractivity contribution < 1.29 is 19.1 Å². The van der Waals surface area contributed by atoms with E-state index < -0.39 is 12.0 Å². The van der Waals surface area contributed by atoms with E-state index in [0.717, 1.165) is 11.1 Å². The Morgan fingerprint density at radius 1 is 1.10 bits per heavy atom. The van der Waals surface area contributed by atoms with E-state index in [2.05, 4.69) is 20.0 Å². The van der Waals surface area contributed by atoms with Crippen LogP contribution >= 0.6 is 0 Å². The van der Waals surface area contributed by atoms with Gasteiger partial charge in [0.15, 0.2) is 0 Å². The van der Waals surface area contributed by atoms with E-state index in [1.165, 1.54) is 7.11 Å². The third-order valence-electron chi connectivity index (χ3n) is 4.41. The molecule has 0 radical (unpaired) electrons. The molecule has 150 valence electrons. The standard InChI is InChI=1S/C22H23N3O4/c1-3-29-21(26)18(13-15-7-5-4-6-8-15)19-14-23-20(25-19)16-9-11-17(12-10-16)24-22(27)28-2/h4-12,14,18H,3,13H2,1-2H3,(H,23,25)(H,24,27). The maximum atomic E-state index is 12.5. The Labute approximate surface area is 169 Å². The van der Waals surface area contributed by atoms with Gasteiger partial charge in [0, 0.05) is 23.1 Å². The highest BCUT2D eigenvalue weighted by Crippen LogP contribution is 2.25. The Hall–Kier alpha value is -3.61. The number of hydrogen-bond acceptors (Lipinski definition) is 5. The number of H-pyrrole nitrogens is 1. The molecule has 7 nitrogen and oxygen atoms in total. The number of aromatic nitrogens is 2. The van der Waals surface area contributed by atoms with Crippen LogP contribution in [-0.4, -0.2) is 35.7 Å². The number of esters is 1. The molecule has 2 aromatic carbocycles. The first-order chi connectivity index (χ1) is 14.1. The predicted octanol–water partition coefficient (Wildman–Crippen LogP) is 4.14. The molecule has 0 aliphatic rings. The number of nitrogens with one attached hydrogen (secondary N) is 2. The first-order valence-electron chi connectivity index (χ1n) is 9.31. The van der Waals surface area contributed by atoms with Crippen molar-refractivity contribution in [3.8, 4) is 11.4 Å². The van der Waals surface area contributed by atoms with E-state index in [0.29, 0.717) is 30.2 Å². The van der Waals surface area contributed by atoms with E-state index in [9.17, 15) is 9.59 Å². The number of benzene rings is 2. The van der Waals surface area contributed by atoms with Crippen LogP contribution < -0.4 is 5.32 Å². The number of hydrogen-bond donors (Lipinski definition) is 2. The summed E-state index contributed by atoms with van der Waals surface area (Å²) in [4.78, 5) is 31.5. The summed E-state index contributed by atoms with van der Waals surface area (Å²) in [5.41, 5.74) is 3.17. The molecule has 1 aromatic heterocycles. The van der Waals surface area contributed by atoms with Crippen molar-refractivity contribution in [2.24, 2.45) is 0 Å². The number of imidazole rings is 1. The van der Waals surface area contributed by atoms with Gasteiger partial charge < -0.3 is 14.5 Å². The molecule has 3 rings (SSSR count). The molecule has 3 aromatic rings. The molecule has 29 heavy (non-hydrogen) atoms. The van der Waals surface area contributed by atoms with Crippen LogP contribution in [-0.2, 0) is 20.7 Å². The lowest BCUT2D eigenvalue weighted by atomic mass is 9.97. The maximum Gasteiger partial charge on any atom is 0.411 e. The maximum absolute atomic E-state index is 12.5. The van der Waals surface area contributed by atoms with Crippen molar-refractivity contribution in [1.29, 1.82) is 0 Å². The van der Waals surface area contributed by atoms with Crippen LogP contribution in [0, 0.1) is 0 Å². The highest BCUT2D eigenvalue weighted by atomic mass is 16.5. The minimum absolute atomic E-state index is 0.288. The fourth-order valence-corrected chi connectivity index (χ4v) is 2.95. The average molecular weight is 393 g/mol.